The summed E-state index contributed by atoms with van der Waals surface area (Å²) >= 11 is 0. The van der Waals surface area contributed by atoms with Gasteiger partial charge in [-0.15, -0.1) is 0 Å². The summed E-state index contributed by atoms with van der Waals surface area (Å²) in [6, 6.07) is 6.38. The second kappa shape index (κ2) is 7.56. The Morgan fingerprint density at radius 2 is 2.18 bits per heavy atom. The lowest BCUT2D eigenvalue weighted by molar-refractivity contribution is -0.142. The number of carbonyl (C=O) groups is 2. The summed E-state index contributed by atoms with van der Waals surface area (Å²) < 4.78 is 10.3. The van der Waals surface area contributed by atoms with Crippen LogP contribution in [-0.4, -0.2) is 41.7 Å². The second-order valence-electron chi connectivity index (χ2n) is 4.82. The molecule has 0 aliphatic rings. The number of aliphatic carboxylic acids is 1. The number of nitrogens with zero attached hydrogens (tertiary/aromatic N) is 1. The Labute approximate surface area is 127 Å². The number of hydrogen-bond acceptors (Lipinski definition) is 5. The van der Waals surface area contributed by atoms with Crippen LogP contribution in [0, 0.1) is 0 Å². The third kappa shape index (κ3) is 4.29. The molecule has 2 rings (SSSR count). The molecule has 7 nitrogen and oxygen atoms in total. The van der Waals surface area contributed by atoms with E-state index < -0.39 is 12.0 Å². The van der Waals surface area contributed by atoms with Gasteiger partial charge in [-0.2, -0.15) is 0 Å². The van der Waals surface area contributed by atoms with Crippen LogP contribution in [0.5, 0.6) is 0 Å². The lowest BCUT2D eigenvalue weighted by Crippen LogP contribution is -2.41. The van der Waals surface area contributed by atoms with E-state index in [1.165, 1.54) is 7.11 Å². The van der Waals surface area contributed by atoms with Gasteiger partial charge in [-0.3, -0.25) is 4.79 Å². The van der Waals surface area contributed by atoms with Gasteiger partial charge in [0, 0.05) is 33.0 Å². The maximum absolute atomic E-state index is 11.8. The zero-order valence-electron chi connectivity index (χ0n) is 12.2. The van der Waals surface area contributed by atoms with Gasteiger partial charge >= 0.3 is 5.97 Å². The zero-order valence-corrected chi connectivity index (χ0v) is 12.2. The van der Waals surface area contributed by atoms with E-state index >= 15 is 0 Å². The van der Waals surface area contributed by atoms with Gasteiger partial charge in [0.15, 0.2) is 11.5 Å². The molecule has 1 aromatic carbocycles. The highest BCUT2D eigenvalue weighted by Gasteiger charge is 2.19. The summed E-state index contributed by atoms with van der Waals surface area (Å²) in [5, 5.41) is 11.5. The van der Waals surface area contributed by atoms with Gasteiger partial charge in [-0.1, -0.05) is 12.1 Å². The number of rotatable bonds is 8. The monoisotopic (exact) mass is 306 g/mol. The Morgan fingerprint density at radius 1 is 1.41 bits per heavy atom. The van der Waals surface area contributed by atoms with Gasteiger partial charge in [0.1, 0.15) is 11.6 Å². The van der Waals surface area contributed by atoms with Crippen LogP contribution < -0.4 is 5.32 Å². The molecule has 0 fully saturated rings. The molecule has 0 bridgehead atoms. The van der Waals surface area contributed by atoms with E-state index in [-0.39, 0.29) is 25.4 Å². The van der Waals surface area contributed by atoms with Crippen LogP contribution in [0.3, 0.4) is 0 Å². The Kier molecular flexibility index (Phi) is 5.48. The molecule has 2 N–H and O–H groups in total. The van der Waals surface area contributed by atoms with E-state index in [1.54, 1.807) is 6.07 Å². The SMILES string of the molecule is COCCC(NC(=O)CCc1nc2ccccc2o1)C(=O)O. The van der Waals surface area contributed by atoms with Crippen molar-refractivity contribution in [3.63, 3.8) is 0 Å². The molecule has 0 aliphatic heterocycles. The molecule has 2 aromatic rings. The Bertz CT molecular complexity index is 619. The first kappa shape index (κ1) is 16.0. The molecule has 1 aromatic heterocycles. The third-order valence-corrected chi connectivity index (χ3v) is 3.15. The second-order valence-corrected chi connectivity index (χ2v) is 4.82. The number of benzene rings is 1. The number of carboxylic acids is 1. The van der Waals surface area contributed by atoms with Crippen LogP contribution in [0.25, 0.3) is 11.1 Å². The highest BCUT2D eigenvalue weighted by Crippen LogP contribution is 2.15. The number of para-hydroxylation sites is 2. The number of ether oxygens (including phenoxy) is 1. The molecule has 0 radical (unpaired) electrons. The molecule has 0 aliphatic carbocycles. The van der Waals surface area contributed by atoms with Crippen LogP contribution >= 0.6 is 0 Å². The maximum atomic E-state index is 11.8. The van der Waals surface area contributed by atoms with Crippen molar-refractivity contribution in [3.8, 4) is 0 Å². The molecule has 0 spiro atoms. The van der Waals surface area contributed by atoms with Gasteiger partial charge in [0.25, 0.3) is 0 Å². The first-order valence-corrected chi connectivity index (χ1v) is 6.95. The number of nitrogens with one attached hydrogen (secondary N) is 1. The average molecular weight is 306 g/mol. The third-order valence-electron chi connectivity index (χ3n) is 3.15. The minimum Gasteiger partial charge on any atom is -0.480 e. The fraction of sp³-hybridized carbons (Fsp3) is 0.400. The molecular formula is C15H18N2O5. The van der Waals surface area contributed by atoms with Gasteiger partial charge in [0.05, 0.1) is 0 Å². The molecular weight excluding hydrogens is 288 g/mol. The lowest BCUT2D eigenvalue weighted by Gasteiger charge is -2.13. The van der Waals surface area contributed by atoms with Crippen LogP contribution in [0.1, 0.15) is 18.7 Å². The summed E-state index contributed by atoms with van der Waals surface area (Å²) in [5.74, 6) is -0.974. The first-order valence-electron chi connectivity index (χ1n) is 6.95. The smallest absolute Gasteiger partial charge is 0.326 e. The van der Waals surface area contributed by atoms with Crippen molar-refractivity contribution in [2.75, 3.05) is 13.7 Å². The van der Waals surface area contributed by atoms with E-state index in [9.17, 15) is 9.59 Å². The number of hydrogen-bond donors (Lipinski definition) is 2. The first-order chi connectivity index (χ1) is 10.6. The van der Waals surface area contributed by atoms with Crippen molar-refractivity contribution in [1.82, 2.24) is 10.3 Å². The Morgan fingerprint density at radius 3 is 2.86 bits per heavy atom. The molecule has 1 amide bonds. The Hall–Kier alpha value is -2.41. The van der Waals surface area contributed by atoms with Crippen LogP contribution in [0.2, 0.25) is 0 Å². The molecule has 118 valence electrons. The van der Waals surface area contributed by atoms with Crippen molar-refractivity contribution in [2.45, 2.75) is 25.3 Å². The number of carbonyl (C=O) groups excluding carboxylic acids is 1. The predicted molar refractivity (Wildman–Crippen MR) is 78.4 cm³/mol. The maximum Gasteiger partial charge on any atom is 0.326 e. The van der Waals surface area contributed by atoms with Gasteiger partial charge < -0.3 is 19.6 Å². The van der Waals surface area contributed by atoms with Crippen molar-refractivity contribution >= 4 is 23.0 Å². The topological polar surface area (TPSA) is 102 Å². The molecule has 0 saturated carbocycles. The lowest BCUT2D eigenvalue weighted by atomic mass is 10.2. The molecule has 1 heterocycles. The van der Waals surface area contributed by atoms with Crippen LogP contribution in [-0.2, 0) is 20.7 Å². The van der Waals surface area contributed by atoms with E-state index in [4.69, 9.17) is 14.3 Å². The highest BCUT2D eigenvalue weighted by molar-refractivity contribution is 5.83. The summed E-state index contributed by atoms with van der Waals surface area (Å²) in [5.41, 5.74) is 1.41. The highest BCUT2D eigenvalue weighted by atomic mass is 16.5. The van der Waals surface area contributed by atoms with E-state index in [0.29, 0.717) is 17.9 Å². The fourth-order valence-corrected chi connectivity index (χ4v) is 2.01. The number of methoxy groups -OCH3 is 1. The predicted octanol–water partition coefficient (Wildman–Crippen LogP) is 1.37. The average Bonchev–Trinajstić information content (AvgIpc) is 2.92. The van der Waals surface area contributed by atoms with Crippen LogP contribution in [0.15, 0.2) is 28.7 Å². The van der Waals surface area contributed by atoms with Crippen molar-refractivity contribution in [2.24, 2.45) is 0 Å². The number of aromatic nitrogens is 1. The summed E-state index contributed by atoms with van der Waals surface area (Å²) in [7, 11) is 1.48. The molecule has 1 unspecified atom stereocenters. The van der Waals surface area contributed by atoms with Crippen molar-refractivity contribution in [1.29, 1.82) is 0 Å². The normalized spacial score (nSPS) is 12.2. The standard InChI is InChI=1S/C15H18N2O5/c1-21-9-8-11(15(19)20)16-13(18)6-7-14-17-10-4-2-3-5-12(10)22-14/h2-5,11H,6-9H2,1H3,(H,16,18)(H,19,20). The summed E-state index contributed by atoms with van der Waals surface area (Å²) in [6.07, 6.45) is 0.654. The summed E-state index contributed by atoms with van der Waals surface area (Å²) in [4.78, 5) is 27.1. The minimum absolute atomic E-state index is 0.115. The summed E-state index contributed by atoms with van der Waals surface area (Å²) in [6.45, 7) is 0.266. The zero-order chi connectivity index (χ0) is 15.9. The Balaban J connectivity index is 1.87. The number of amides is 1. The molecule has 22 heavy (non-hydrogen) atoms. The largest absolute Gasteiger partial charge is 0.480 e. The van der Waals surface area contributed by atoms with Crippen molar-refractivity contribution in [3.05, 3.63) is 30.2 Å². The number of oxazole rings is 1. The number of carboxylic acid groups (broad SMARTS) is 1. The molecule has 0 saturated heterocycles. The molecule has 7 heteroatoms. The quantitative estimate of drug-likeness (QED) is 0.763. The van der Waals surface area contributed by atoms with E-state index in [0.717, 1.165) is 5.52 Å². The van der Waals surface area contributed by atoms with Gasteiger partial charge in [-0.05, 0) is 12.1 Å². The van der Waals surface area contributed by atoms with E-state index in [2.05, 4.69) is 10.3 Å². The minimum atomic E-state index is -1.08. The number of aryl methyl sites for hydroxylation is 1. The van der Waals surface area contributed by atoms with Gasteiger partial charge in [0.2, 0.25) is 5.91 Å². The van der Waals surface area contributed by atoms with Gasteiger partial charge in [-0.25, -0.2) is 9.78 Å². The fourth-order valence-electron chi connectivity index (χ4n) is 2.01. The number of fused-ring (bicyclic) bond motifs is 1. The molecule has 1 atom stereocenters. The van der Waals surface area contributed by atoms with Crippen molar-refractivity contribution < 1.29 is 23.8 Å². The van der Waals surface area contributed by atoms with E-state index in [1.807, 2.05) is 18.2 Å². The van der Waals surface area contributed by atoms with Crippen LogP contribution in [0.4, 0.5) is 0 Å².